The zero-order chi connectivity index (χ0) is 16.8. The van der Waals surface area contributed by atoms with Crippen LogP contribution in [0.1, 0.15) is 13.8 Å². The minimum atomic E-state index is -0.234. The van der Waals surface area contributed by atoms with Gasteiger partial charge in [0.2, 0.25) is 0 Å². The first-order valence-electron chi connectivity index (χ1n) is 7.87. The summed E-state index contributed by atoms with van der Waals surface area (Å²) in [5.41, 5.74) is 5.33. The van der Waals surface area contributed by atoms with E-state index in [1.54, 1.807) is 24.3 Å². The van der Waals surface area contributed by atoms with Gasteiger partial charge in [-0.05, 0) is 49.3 Å². The van der Waals surface area contributed by atoms with E-state index in [9.17, 15) is 4.39 Å². The van der Waals surface area contributed by atoms with Gasteiger partial charge in [0.05, 0.1) is 25.2 Å². The molecule has 6 heteroatoms. The van der Waals surface area contributed by atoms with Crippen molar-refractivity contribution >= 4 is 11.9 Å². The average Bonchev–Trinajstić information content (AvgIpc) is 3.02. The summed E-state index contributed by atoms with van der Waals surface area (Å²) in [4.78, 5) is 14.4. The largest absolute Gasteiger partial charge is 0.322 e. The molecule has 0 N–H and O–H groups in total. The number of aliphatic imine (C=N–C) groups is 1. The molecule has 0 spiro atoms. The van der Waals surface area contributed by atoms with Crippen molar-refractivity contribution in [3.63, 3.8) is 0 Å². The van der Waals surface area contributed by atoms with Crippen LogP contribution < -0.4 is 4.90 Å². The van der Waals surface area contributed by atoms with E-state index in [1.165, 1.54) is 23.3 Å². The van der Waals surface area contributed by atoms with Gasteiger partial charge in [-0.2, -0.15) is 0 Å². The predicted octanol–water partition coefficient (Wildman–Crippen LogP) is 3.21. The lowest BCUT2D eigenvalue weighted by Gasteiger charge is -2.40. The third-order valence-electron chi connectivity index (χ3n) is 4.68. The topological polar surface area (TPSA) is 31.3 Å². The van der Waals surface area contributed by atoms with E-state index < -0.39 is 0 Å². The second kappa shape index (κ2) is 5.49. The van der Waals surface area contributed by atoms with Crippen LogP contribution in [0.5, 0.6) is 0 Å². The Kier molecular flexibility index (Phi) is 3.42. The number of nitrogens with zero attached hydrogens (tertiary/aromatic N) is 4. The summed E-state index contributed by atoms with van der Waals surface area (Å²) in [6, 6.07) is 6.59. The number of halogens is 1. The molecule has 0 aliphatic carbocycles. The maximum absolute atomic E-state index is 13.3. The molecule has 3 aliphatic rings. The molecule has 3 heterocycles. The van der Waals surface area contributed by atoms with Crippen LogP contribution in [-0.2, 0) is 4.84 Å². The summed E-state index contributed by atoms with van der Waals surface area (Å²) in [5, 5.41) is 1.76. The van der Waals surface area contributed by atoms with E-state index in [1.807, 2.05) is 12.4 Å². The summed E-state index contributed by atoms with van der Waals surface area (Å²) in [6.07, 6.45) is 3.79. The lowest BCUT2D eigenvalue weighted by molar-refractivity contribution is -0.0951. The smallest absolute Gasteiger partial charge is 0.142 e. The van der Waals surface area contributed by atoms with Gasteiger partial charge in [-0.15, -0.1) is 0 Å². The molecule has 0 saturated carbocycles. The van der Waals surface area contributed by atoms with Crippen molar-refractivity contribution in [2.24, 2.45) is 4.99 Å². The van der Waals surface area contributed by atoms with Gasteiger partial charge in [-0.25, -0.2) is 9.45 Å². The Balaban J connectivity index is 1.82. The molecule has 1 aromatic carbocycles. The molecular weight excluding hydrogens is 307 g/mol. The lowest BCUT2D eigenvalue weighted by Crippen LogP contribution is -2.41. The summed E-state index contributed by atoms with van der Waals surface area (Å²) in [5.74, 6) is 0.778. The van der Waals surface area contributed by atoms with Crippen LogP contribution >= 0.6 is 0 Å². The quantitative estimate of drug-likeness (QED) is 0.835. The van der Waals surface area contributed by atoms with Crippen LogP contribution in [0.4, 0.5) is 10.1 Å². The monoisotopic (exact) mass is 326 g/mol. The molecule has 0 aromatic heterocycles. The highest BCUT2D eigenvalue weighted by molar-refractivity contribution is 5.83. The van der Waals surface area contributed by atoms with Gasteiger partial charge in [-0.1, -0.05) is 0 Å². The average molecular weight is 326 g/mol. The second-order valence-corrected chi connectivity index (χ2v) is 6.12. The van der Waals surface area contributed by atoms with Crippen molar-refractivity contribution in [1.29, 1.82) is 0 Å². The summed E-state index contributed by atoms with van der Waals surface area (Å²) >= 11 is 0. The summed E-state index contributed by atoms with van der Waals surface area (Å²) < 4.78 is 13.3. The van der Waals surface area contributed by atoms with Crippen LogP contribution in [0.25, 0.3) is 0 Å². The Morgan fingerprint density at radius 3 is 2.58 bits per heavy atom. The minimum absolute atomic E-state index is 0.234. The molecule has 24 heavy (non-hydrogen) atoms. The van der Waals surface area contributed by atoms with E-state index >= 15 is 0 Å². The minimum Gasteiger partial charge on any atom is -0.322 e. The first-order chi connectivity index (χ1) is 11.6. The number of hydrogen-bond donors (Lipinski definition) is 0. The van der Waals surface area contributed by atoms with Gasteiger partial charge >= 0.3 is 0 Å². The Hall–Kier alpha value is -2.60. The van der Waals surface area contributed by atoms with Gasteiger partial charge < -0.3 is 9.80 Å². The predicted molar refractivity (Wildman–Crippen MR) is 91.3 cm³/mol. The molecule has 4 rings (SSSR count). The van der Waals surface area contributed by atoms with Gasteiger partial charge in [0, 0.05) is 12.2 Å². The summed E-state index contributed by atoms with van der Waals surface area (Å²) in [7, 11) is 1.65. The standard InChI is InChI=1S/C18H19FN4O/c1-12-9-22(15-6-4-14(19)5-7-15)18-17(13(12)2)20-8-16-10-21(24-3)11-23(16)18/h4-8,10H,9,11H2,1-3H3. The maximum atomic E-state index is 13.3. The van der Waals surface area contributed by atoms with Gasteiger partial charge in [-0.3, -0.25) is 9.83 Å². The van der Waals surface area contributed by atoms with Crippen molar-refractivity contribution in [1.82, 2.24) is 9.96 Å². The Bertz CT molecular complexity index is 807. The molecule has 1 aromatic rings. The normalized spacial score (nSPS) is 19.8. The van der Waals surface area contributed by atoms with Gasteiger partial charge in [0.1, 0.15) is 24.0 Å². The fourth-order valence-electron chi connectivity index (χ4n) is 3.20. The van der Waals surface area contributed by atoms with E-state index in [0.29, 0.717) is 6.67 Å². The summed E-state index contributed by atoms with van der Waals surface area (Å²) in [6.45, 7) is 5.56. The highest BCUT2D eigenvalue weighted by Crippen LogP contribution is 2.38. The lowest BCUT2D eigenvalue weighted by atomic mass is 10.0. The van der Waals surface area contributed by atoms with Crippen LogP contribution in [-0.4, -0.2) is 36.5 Å². The molecule has 0 bridgehead atoms. The first-order valence-corrected chi connectivity index (χ1v) is 7.87. The van der Waals surface area contributed by atoms with Crippen molar-refractivity contribution in [3.8, 4) is 0 Å². The fourth-order valence-corrected chi connectivity index (χ4v) is 3.20. The van der Waals surface area contributed by atoms with Crippen molar-refractivity contribution in [2.75, 3.05) is 25.2 Å². The molecule has 124 valence electrons. The van der Waals surface area contributed by atoms with Crippen molar-refractivity contribution < 1.29 is 9.23 Å². The van der Waals surface area contributed by atoms with E-state index in [4.69, 9.17) is 4.84 Å². The molecule has 0 amide bonds. The molecule has 0 fully saturated rings. The van der Waals surface area contributed by atoms with Crippen LogP contribution in [0.15, 0.2) is 63.8 Å². The van der Waals surface area contributed by atoms with Gasteiger partial charge in [0.15, 0.2) is 0 Å². The number of hydroxylamine groups is 2. The highest BCUT2D eigenvalue weighted by atomic mass is 19.1. The number of hydrogen-bond acceptors (Lipinski definition) is 5. The van der Waals surface area contributed by atoms with E-state index in [-0.39, 0.29) is 5.82 Å². The second-order valence-electron chi connectivity index (χ2n) is 6.12. The maximum Gasteiger partial charge on any atom is 0.142 e. The van der Waals surface area contributed by atoms with E-state index in [2.05, 4.69) is 28.6 Å². The first kappa shape index (κ1) is 15.0. The molecule has 3 aliphatic heterocycles. The highest BCUT2D eigenvalue weighted by Gasteiger charge is 2.35. The van der Waals surface area contributed by atoms with Crippen LogP contribution in [0.2, 0.25) is 0 Å². The molecule has 5 nitrogen and oxygen atoms in total. The number of allylic oxidation sites excluding steroid dienone is 2. The molecular formula is C18H19FN4O. The zero-order valence-electron chi connectivity index (χ0n) is 14.0. The van der Waals surface area contributed by atoms with Crippen molar-refractivity contribution in [3.05, 3.63) is 64.6 Å². The molecule has 0 unspecified atom stereocenters. The van der Waals surface area contributed by atoms with E-state index in [0.717, 1.165) is 29.4 Å². The Morgan fingerprint density at radius 1 is 1.12 bits per heavy atom. The zero-order valence-corrected chi connectivity index (χ0v) is 14.0. The Labute approximate surface area is 140 Å². The molecule has 0 saturated heterocycles. The number of rotatable bonds is 2. The van der Waals surface area contributed by atoms with Crippen molar-refractivity contribution in [2.45, 2.75) is 13.8 Å². The van der Waals surface area contributed by atoms with Crippen LogP contribution in [0, 0.1) is 5.82 Å². The Morgan fingerprint density at radius 2 is 1.88 bits per heavy atom. The number of benzene rings is 1. The third-order valence-corrected chi connectivity index (χ3v) is 4.68. The molecule has 0 radical (unpaired) electrons. The number of anilines is 1. The number of fused-ring (bicyclic) bond motifs is 2. The third kappa shape index (κ3) is 2.22. The van der Waals surface area contributed by atoms with Crippen LogP contribution in [0.3, 0.4) is 0 Å². The SMILES string of the molecule is CON1C=C2C=NC3=C(N2C1)N(c1ccc(F)cc1)CC(C)=C3C. The van der Waals surface area contributed by atoms with Gasteiger partial charge in [0.25, 0.3) is 0 Å². The molecule has 0 atom stereocenters. The fraction of sp³-hybridized carbons (Fsp3) is 0.278.